The number of isocyanates is 2. The molecule has 40 valence electrons. The summed E-state index contributed by atoms with van der Waals surface area (Å²) in [5, 5.41) is 13.5. The molecule has 0 unspecified atom stereocenters. The summed E-state index contributed by atoms with van der Waals surface area (Å²) in [6.45, 7) is 0. The Morgan fingerprint density at radius 3 is 1.00 bits per heavy atom. The molecule has 7 heavy (non-hydrogen) atoms. The third-order valence-electron chi connectivity index (χ3n) is 0. The third kappa shape index (κ3) is 19.8. The van der Waals surface area contributed by atoms with Crippen molar-refractivity contribution in [3.05, 3.63) is 10.8 Å². The van der Waals surface area contributed by atoms with Gasteiger partial charge < -0.3 is 10.8 Å². The first kappa shape index (κ1) is 17.3. The SMILES string of the molecule is F.[N-]=C=O.[N-]=C=O. The molecule has 0 saturated heterocycles. The lowest BCUT2D eigenvalue weighted by Gasteiger charge is -1.32. The molecule has 0 rings (SSSR count). The zero-order chi connectivity index (χ0) is 5.41. The largest absolute Gasteiger partial charge is 0.724 e. The highest BCUT2D eigenvalue weighted by molar-refractivity contribution is 5.37. The highest BCUT2D eigenvalue weighted by atomic mass is 19.0. The van der Waals surface area contributed by atoms with Crippen LogP contribution in [0.25, 0.3) is 10.8 Å². The normalized spacial score (nSPS) is 2.29. The van der Waals surface area contributed by atoms with Crippen LogP contribution in [0.4, 0.5) is 4.70 Å². The van der Waals surface area contributed by atoms with E-state index >= 15 is 0 Å². The molecule has 0 aliphatic heterocycles. The average Bonchev–Trinajstić information content (AvgIpc) is 1.39. The van der Waals surface area contributed by atoms with Gasteiger partial charge in [-0.15, -0.1) is 0 Å². The molecule has 0 radical (unpaired) electrons. The molecule has 4 nitrogen and oxygen atoms in total. The molecule has 0 spiro atoms. The third-order valence-corrected chi connectivity index (χ3v) is 0. The summed E-state index contributed by atoms with van der Waals surface area (Å²) < 4.78 is 0. The lowest BCUT2D eigenvalue weighted by atomic mass is 11.7. The molecule has 5 heteroatoms. The minimum Gasteiger partial charge on any atom is -0.724 e. The highest BCUT2D eigenvalue weighted by Crippen LogP contribution is 0.952. The Hall–Kier alpha value is -1.31. The fraction of sp³-hybridized carbons (Fsp3) is 0. The first-order valence-corrected chi connectivity index (χ1v) is 0.855. The number of hydrogen-bond donors (Lipinski definition) is 0. The van der Waals surface area contributed by atoms with E-state index in [-0.39, 0.29) is 4.70 Å². The maximum absolute atomic E-state index is 8.24. The van der Waals surface area contributed by atoms with Gasteiger partial charge >= 0.3 is 0 Å². The Bertz CT molecular complexity index is 67.7. The van der Waals surface area contributed by atoms with E-state index in [9.17, 15) is 0 Å². The summed E-state index contributed by atoms with van der Waals surface area (Å²) in [7, 11) is 0. The summed E-state index contributed by atoms with van der Waals surface area (Å²) in [5.41, 5.74) is 0. The minimum atomic E-state index is 0. The Kier molecular flexibility index (Phi) is 331. The molecule has 0 N–H and O–H groups in total. The van der Waals surface area contributed by atoms with Gasteiger partial charge in [0.2, 0.25) is 0 Å². The van der Waals surface area contributed by atoms with Gasteiger partial charge in [0.05, 0.1) is 0 Å². The summed E-state index contributed by atoms with van der Waals surface area (Å²) in [5.74, 6) is 0. The summed E-state index contributed by atoms with van der Waals surface area (Å²) >= 11 is 0. The Morgan fingerprint density at radius 2 is 1.00 bits per heavy atom. The molecule has 0 fully saturated rings. The summed E-state index contributed by atoms with van der Waals surface area (Å²) in [6.07, 6.45) is 1.00. The van der Waals surface area contributed by atoms with Gasteiger partial charge in [0, 0.05) is 0 Å². The predicted molar refractivity (Wildman–Crippen MR) is 20.6 cm³/mol. The molecule has 0 aliphatic carbocycles. The van der Waals surface area contributed by atoms with Crippen molar-refractivity contribution in [2.45, 2.75) is 0 Å². The van der Waals surface area contributed by atoms with Crippen LogP contribution in [0.3, 0.4) is 0 Å². The average molecular weight is 104 g/mol. The monoisotopic (exact) mass is 104 g/mol. The van der Waals surface area contributed by atoms with Gasteiger partial charge in [-0.25, -0.2) is 0 Å². The smallest absolute Gasteiger partial charge is 0.0159 e. The van der Waals surface area contributed by atoms with E-state index < -0.39 is 0 Å². The molecule has 0 bridgehead atoms. The van der Waals surface area contributed by atoms with Gasteiger partial charge in [-0.1, -0.05) is 0 Å². The molecule has 0 saturated carbocycles. The van der Waals surface area contributed by atoms with Crippen molar-refractivity contribution in [3.63, 3.8) is 0 Å². The van der Waals surface area contributed by atoms with E-state index in [2.05, 4.69) is 0 Å². The van der Waals surface area contributed by atoms with Gasteiger partial charge in [0.1, 0.15) is 0 Å². The van der Waals surface area contributed by atoms with E-state index in [1.165, 1.54) is 0 Å². The minimum absolute atomic E-state index is 0. The molecule has 0 heterocycles. The van der Waals surface area contributed by atoms with Crippen LogP contribution >= 0.6 is 0 Å². The second-order valence-electron chi connectivity index (χ2n) is 0.183. The van der Waals surface area contributed by atoms with Gasteiger partial charge in [-0.05, 0) is 12.2 Å². The second kappa shape index (κ2) is 134. The maximum Gasteiger partial charge on any atom is -0.0159 e. The fourth-order valence-corrected chi connectivity index (χ4v) is 0. The lowest BCUT2D eigenvalue weighted by molar-refractivity contribution is 0.568. The molecular weight excluding hydrogens is 103 g/mol. The van der Waals surface area contributed by atoms with Crippen molar-refractivity contribution in [3.8, 4) is 0 Å². The van der Waals surface area contributed by atoms with Crippen molar-refractivity contribution < 1.29 is 14.3 Å². The van der Waals surface area contributed by atoms with E-state index in [0.29, 0.717) is 12.2 Å². The van der Waals surface area contributed by atoms with Crippen LogP contribution < -0.4 is 0 Å². The van der Waals surface area contributed by atoms with E-state index in [1.807, 2.05) is 0 Å². The number of carbonyl (C=O) groups excluding carboxylic acids is 2. The Morgan fingerprint density at radius 1 is 1.00 bits per heavy atom. The van der Waals surface area contributed by atoms with Crippen LogP contribution in [-0.2, 0) is 9.59 Å². The van der Waals surface area contributed by atoms with Crippen molar-refractivity contribution in [2.24, 2.45) is 0 Å². The topological polar surface area (TPSA) is 78.7 Å². The zero-order valence-corrected chi connectivity index (χ0v) is 3.12. The van der Waals surface area contributed by atoms with Crippen LogP contribution in [0.1, 0.15) is 0 Å². The second-order valence-corrected chi connectivity index (χ2v) is 0.183. The van der Waals surface area contributed by atoms with E-state index in [0.717, 1.165) is 0 Å². The van der Waals surface area contributed by atoms with E-state index in [4.69, 9.17) is 20.4 Å². The van der Waals surface area contributed by atoms with Gasteiger partial charge in [-0.2, -0.15) is 0 Å². The first-order valence-electron chi connectivity index (χ1n) is 0.855. The predicted octanol–water partition coefficient (Wildman–Crippen LogP) is -0.0643. The quantitative estimate of drug-likeness (QED) is 0.318. The number of nitrogens with zero attached hydrogens (tertiary/aromatic N) is 2. The van der Waals surface area contributed by atoms with Crippen LogP contribution in [-0.4, -0.2) is 12.2 Å². The standard InChI is InChI=1S/2CNO.FH/c2*2-1-3;/h;;1H/q2*-1;. The van der Waals surface area contributed by atoms with Crippen molar-refractivity contribution in [2.75, 3.05) is 0 Å². The summed E-state index contributed by atoms with van der Waals surface area (Å²) in [6, 6.07) is 0. The van der Waals surface area contributed by atoms with Gasteiger partial charge in [0.25, 0.3) is 0 Å². The fourth-order valence-electron chi connectivity index (χ4n) is 0. The number of hydrogen-bond acceptors (Lipinski definition) is 2. The molecule has 0 atom stereocenters. The van der Waals surface area contributed by atoms with Crippen LogP contribution in [0, 0.1) is 0 Å². The van der Waals surface area contributed by atoms with Crippen LogP contribution in [0.15, 0.2) is 0 Å². The molecule has 0 aromatic carbocycles. The zero-order valence-electron chi connectivity index (χ0n) is 3.12. The number of halogens is 1. The first-order chi connectivity index (χ1) is 2.83. The van der Waals surface area contributed by atoms with Crippen molar-refractivity contribution in [1.82, 2.24) is 0 Å². The highest BCUT2D eigenvalue weighted by Gasteiger charge is 0.793. The maximum atomic E-state index is 8.24. The van der Waals surface area contributed by atoms with Gasteiger partial charge in [0.15, 0.2) is 0 Å². The van der Waals surface area contributed by atoms with Crippen molar-refractivity contribution in [1.29, 1.82) is 0 Å². The van der Waals surface area contributed by atoms with Crippen LogP contribution in [0.5, 0.6) is 0 Å². The van der Waals surface area contributed by atoms with Crippen LogP contribution in [0.2, 0.25) is 0 Å². The Labute approximate surface area is 38.5 Å². The molecule has 0 aromatic rings. The number of rotatable bonds is 0. The lowest BCUT2D eigenvalue weighted by Crippen LogP contribution is -1.13. The van der Waals surface area contributed by atoms with Gasteiger partial charge in [-0.3, -0.25) is 14.3 Å². The molecule has 0 aromatic heterocycles. The summed E-state index contributed by atoms with van der Waals surface area (Å²) in [4.78, 5) is 16.5. The van der Waals surface area contributed by atoms with E-state index in [1.54, 1.807) is 0 Å². The molecule has 0 aliphatic rings. The molecular formula is C2HFN2O2-2. The van der Waals surface area contributed by atoms with Crippen molar-refractivity contribution >= 4 is 12.2 Å². The Balaban J connectivity index is -0.0000000400. The molecule has 0 amide bonds.